The van der Waals surface area contributed by atoms with Gasteiger partial charge in [-0.15, -0.1) is 0 Å². The molecule has 4 aliphatic rings. The smallest absolute Gasteiger partial charge is 0.0753 e. The van der Waals surface area contributed by atoms with E-state index in [1.165, 1.54) is 44.9 Å². The van der Waals surface area contributed by atoms with E-state index >= 15 is 0 Å². The van der Waals surface area contributed by atoms with Gasteiger partial charge in [0.2, 0.25) is 0 Å². The molecule has 2 N–H and O–H groups in total. The molecule has 2 unspecified atom stereocenters. The third kappa shape index (κ3) is 1.75. The number of fused-ring (bicyclic) bond motifs is 5. The fraction of sp³-hybridized carbons (Fsp3) is 1.00. The molecule has 0 aromatic heterocycles. The van der Waals surface area contributed by atoms with Crippen LogP contribution in [-0.2, 0) is 0 Å². The largest absolute Gasteiger partial charge is 0.396 e. The predicted molar refractivity (Wildman–Crippen MR) is 88.4 cm³/mol. The minimum Gasteiger partial charge on any atom is -0.396 e. The molecule has 2 nitrogen and oxygen atoms in total. The molecular weight excluding hydrogens is 272 g/mol. The van der Waals surface area contributed by atoms with Crippen molar-refractivity contribution >= 4 is 0 Å². The number of aliphatic hydroxyl groups is 2. The van der Waals surface area contributed by atoms with Crippen LogP contribution in [0.1, 0.15) is 78.1 Å². The zero-order valence-corrected chi connectivity index (χ0v) is 14.5. The summed E-state index contributed by atoms with van der Waals surface area (Å²) in [4.78, 5) is 0. The maximum atomic E-state index is 11.6. The van der Waals surface area contributed by atoms with Crippen molar-refractivity contribution in [1.82, 2.24) is 0 Å². The molecule has 0 amide bonds. The highest BCUT2D eigenvalue weighted by atomic mass is 16.3. The van der Waals surface area contributed by atoms with E-state index in [9.17, 15) is 10.2 Å². The Morgan fingerprint density at radius 3 is 2.50 bits per heavy atom. The molecule has 4 saturated carbocycles. The van der Waals surface area contributed by atoms with E-state index in [0.717, 1.165) is 31.1 Å². The van der Waals surface area contributed by atoms with Crippen molar-refractivity contribution in [2.45, 2.75) is 83.7 Å². The highest BCUT2D eigenvalue weighted by Gasteiger charge is 2.66. The molecule has 22 heavy (non-hydrogen) atoms. The maximum absolute atomic E-state index is 11.6. The summed E-state index contributed by atoms with van der Waals surface area (Å²) in [5.74, 6) is 2.52. The summed E-state index contributed by atoms with van der Waals surface area (Å²) < 4.78 is 0. The molecule has 0 bridgehead atoms. The van der Waals surface area contributed by atoms with Crippen molar-refractivity contribution in [3.8, 4) is 0 Å². The molecule has 126 valence electrons. The Kier molecular flexibility index (Phi) is 3.48. The average Bonchev–Trinajstić information content (AvgIpc) is 2.90. The van der Waals surface area contributed by atoms with Crippen LogP contribution in [0.2, 0.25) is 0 Å². The molecule has 2 heteroatoms. The first-order valence-corrected chi connectivity index (χ1v) is 9.80. The van der Waals surface area contributed by atoms with Gasteiger partial charge in [-0.1, -0.05) is 33.1 Å². The summed E-state index contributed by atoms with van der Waals surface area (Å²) in [5.41, 5.74) is -0.243. The lowest BCUT2D eigenvalue weighted by molar-refractivity contribution is -0.248. The number of hydrogen-bond acceptors (Lipinski definition) is 2. The molecule has 0 aromatic carbocycles. The van der Waals surface area contributed by atoms with Gasteiger partial charge in [0.15, 0.2) is 0 Å². The molecular formula is C20H34O2. The van der Waals surface area contributed by atoms with E-state index in [2.05, 4.69) is 13.8 Å². The summed E-state index contributed by atoms with van der Waals surface area (Å²) in [6.07, 6.45) is 12.3. The predicted octanol–water partition coefficient (Wildman–Crippen LogP) is 4.14. The molecule has 7 atom stereocenters. The van der Waals surface area contributed by atoms with Gasteiger partial charge in [0.25, 0.3) is 0 Å². The lowest BCUT2D eigenvalue weighted by atomic mass is 9.41. The molecule has 0 heterocycles. The van der Waals surface area contributed by atoms with Crippen LogP contribution >= 0.6 is 0 Å². The van der Waals surface area contributed by atoms with Crippen LogP contribution in [0.5, 0.6) is 0 Å². The van der Waals surface area contributed by atoms with E-state index in [4.69, 9.17) is 0 Å². The van der Waals surface area contributed by atoms with Crippen LogP contribution in [-0.4, -0.2) is 22.4 Å². The summed E-state index contributed by atoms with van der Waals surface area (Å²) in [7, 11) is 0. The van der Waals surface area contributed by atoms with Gasteiger partial charge >= 0.3 is 0 Å². The van der Waals surface area contributed by atoms with Crippen LogP contribution < -0.4 is 0 Å². The van der Waals surface area contributed by atoms with Crippen LogP contribution in [0, 0.1) is 34.5 Å². The van der Waals surface area contributed by atoms with Gasteiger partial charge in [-0.25, -0.2) is 0 Å². The average molecular weight is 306 g/mol. The van der Waals surface area contributed by atoms with Crippen molar-refractivity contribution in [2.24, 2.45) is 34.5 Å². The van der Waals surface area contributed by atoms with Crippen LogP contribution in [0.15, 0.2) is 0 Å². The van der Waals surface area contributed by atoms with Gasteiger partial charge in [-0.05, 0) is 74.0 Å². The minimum absolute atomic E-state index is 0.197. The second-order valence-corrected chi connectivity index (χ2v) is 9.54. The molecule has 0 aromatic rings. The fourth-order valence-electron chi connectivity index (χ4n) is 7.78. The third-order valence-corrected chi connectivity index (χ3v) is 8.94. The molecule has 4 rings (SSSR count). The lowest BCUT2D eigenvalue weighted by Gasteiger charge is -2.65. The van der Waals surface area contributed by atoms with Gasteiger partial charge in [-0.2, -0.15) is 0 Å². The summed E-state index contributed by atoms with van der Waals surface area (Å²) in [5, 5.41) is 22.0. The van der Waals surface area contributed by atoms with Crippen molar-refractivity contribution in [2.75, 3.05) is 6.61 Å². The first-order valence-electron chi connectivity index (χ1n) is 9.80. The third-order valence-electron chi connectivity index (χ3n) is 8.94. The first-order chi connectivity index (χ1) is 10.5. The van der Waals surface area contributed by atoms with E-state index < -0.39 is 5.60 Å². The van der Waals surface area contributed by atoms with Crippen molar-refractivity contribution in [1.29, 1.82) is 0 Å². The summed E-state index contributed by atoms with van der Waals surface area (Å²) in [6.45, 7) is 5.00. The maximum Gasteiger partial charge on any atom is 0.0753 e. The Hall–Kier alpha value is -0.0800. The normalized spacial score (nSPS) is 57.8. The van der Waals surface area contributed by atoms with Crippen molar-refractivity contribution in [3.05, 3.63) is 0 Å². The van der Waals surface area contributed by atoms with E-state index in [1.807, 2.05) is 0 Å². The van der Waals surface area contributed by atoms with Crippen molar-refractivity contribution < 1.29 is 10.2 Å². The Bertz CT molecular complexity index is 449. The summed E-state index contributed by atoms with van der Waals surface area (Å²) >= 11 is 0. The van der Waals surface area contributed by atoms with Gasteiger partial charge in [0.1, 0.15) is 0 Å². The quantitative estimate of drug-likeness (QED) is 0.764. The number of hydrogen-bond donors (Lipinski definition) is 2. The number of rotatable bonds is 1. The topological polar surface area (TPSA) is 40.5 Å². The minimum atomic E-state index is -0.604. The van der Waals surface area contributed by atoms with Crippen LogP contribution in [0.3, 0.4) is 0 Å². The fourth-order valence-corrected chi connectivity index (χ4v) is 7.78. The molecule has 0 spiro atoms. The Balaban J connectivity index is 1.75. The van der Waals surface area contributed by atoms with E-state index in [-0.39, 0.29) is 12.0 Å². The Morgan fingerprint density at radius 2 is 1.73 bits per heavy atom. The van der Waals surface area contributed by atoms with Crippen molar-refractivity contribution in [3.63, 3.8) is 0 Å². The van der Waals surface area contributed by atoms with Gasteiger partial charge in [0, 0.05) is 5.41 Å². The standard InChI is InChI=1S/C20H34O2/c1-14-12-15-16-6-5-8-18(16,2)11-7-17(15)19(13-21)9-3-4-10-20(14,19)22/h14-17,21-22H,3-13H2,1-2H3/t14?,15-,16-,17+,18-,19-,20?/m0/s1. The second-order valence-electron chi connectivity index (χ2n) is 9.54. The number of aliphatic hydroxyl groups excluding tert-OH is 1. The summed E-state index contributed by atoms with van der Waals surface area (Å²) in [6, 6.07) is 0. The Labute approximate surface area is 135 Å². The van der Waals surface area contributed by atoms with Gasteiger partial charge in [0.05, 0.1) is 12.2 Å². The molecule has 4 fully saturated rings. The van der Waals surface area contributed by atoms with E-state index in [1.54, 1.807) is 0 Å². The molecule has 0 radical (unpaired) electrons. The molecule has 0 saturated heterocycles. The molecule has 4 aliphatic carbocycles. The van der Waals surface area contributed by atoms with Crippen LogP contribution in [0.25, 0.3) is 0 Å². The zero-order valence-electron chi connectivity index (χ0n) is 14.5. The highest BCUT2D eigenvalue weighted by molar-refractivity contribution is 5.15. The highest BCUT2D eigenvalue weighted by Crippen LogP contribution is 2.68. The van der Waals surface area contributed by atoms with Crippen LogP contribution in [0.4, 0.5) is 0 Å². The van der Waals surface area contributed by atoms with E-state index in [0.29, 0.717) is 17.3 Å². The first kappa shape index (κ1) is 15.4. The monoisotopic (exact) mass is 306 g/mol. The second kappa shape index (κ2) is 4.96. The Morgan fingerprint density at radius 1 is 0.955 bits per heavy atom. The zero-order chi connectivity index (χ0) is 15.6. The SMILES string of the molecule is CC1C[C@@H]2[C@@H](CC[C@]3(C)CCC[C@@H]23)[C@@]2(CO)CCCCC12O. The lowest BCUT2D eigenvalue weighted by Crippen LogP contribution is -2.66. The van der Waals surface area contributed by atoms with Gasteiger partial charge < -0.3 is 10.2 Å². The molecule has 0 aliphatic heterocycles. The van der Waals surface area contributed by atoms with Gasteiger partial charge in [-0.3, -0.25) is 0 Å².